The maximum Gasteiger partial charge on any atom is 0.362 e. The lowest BCUT2D eigenvalue weighted by molar-refractivity contribution is -0.887. The molecule has 26 heavy (non-hydrogen) atoms. The third-order valence-corrected chi connectivity index (χ3v) is 4.40. The smallest absolute Gasteiger partial charge is 0.362 e. The minimum atomic E-state index is -1.68. The van der Waals surface area contributed by atoms with E-state index in [9.17, 15) is 18.9 Å². The Hall–Kier alpha value is -2.31. The predicted molar refractivity (Wildman–Crippen MR) is 89.3 cm³/mol. The Balaban J connectivity index is 0.00000141. The number of quaternary nitrogens is 1. The molecule has 148 valence electrons. The average Bonchev–Trinajstić information content (AvgIpc) is 2.91. The summed E-state index contributed by atoms with van der Waals surface area (Å²) in [6.07, 6.45) is 1.60. The van der Waals surface area contributed by atoms with Crippen molar-refractivity contribution in [3.63, 3.8) is 0 Å². The molecule has 0 saturated carbocycles. The van der Waals surface area contributed by atoms with Crippen LogP contribution < -0.4 is 10.8 Å². The van der Waals surface area contributed by atoms with Crippen molar-refractivity contribution in [2.24, 2.45) is 5.73 Å². The summed E-state index contributed by atoms with van der Waals surface area (Å²) in [5.74, 6) is -3.53. The normalized spacial score (nSPS) is 14.5. The van der Waals surface area contributed by atoms with Crippen molar-refractivity contribution in [2.75, 3.05) is 26.9 Å². The van der Waals surface area contributed by atoms with Crippen LogP contribution in [-0.2, 0) is 31.6 Å². The molecule has 0 amide bonds. The molecule has 1 unspecified atom stereocenters. The number of hydrogen-bond donors (Lipinski definition) is 4. The Morgan fingerprint density at radius 3 is 2.19 bits per heavy atom. The summed E-state index contributed by atoms with van der Waals surface area (Å²) in [7, 11) is 3.61. The number of nitrogens with two attached hydrogens (primary N) is 1. The van der Waals surface area contributed by atoms with Crippen molar-refractivity contribution in [3.8, 4) is 0 Å². The lowest BCUT2D eigenvalue weighted by Crippen LogP contribution is -2.51. The third-order valence-electron chi connectivity index (χ3n) is 3.10. The number of carboxylic acid groups (broad SMARTS) is 3. The summed E-state index contributed by atoms with van der Waals surface area (Å²) in [5.41, 5.74) is 5.85. The molecule has 1 aromatic rings. The monoisotopic (exact) mass is 392 g/mol. The van der Waals surface area contributed by atoms with Crippen LogP contribution in [0.5, 0.6) is 0 Å². The number of imidazole rings is 1. The molecule has 12 heteroatoms. The molecule has 11 nitrogen and oxygen atoms in total. The molecule has 0 bridgehead atoms. The number of aromatic amines is 1. The maximum absolute atomic E-state index is 11.9. The zero-order valence-corrected chi connectivity index (χ0v) is 15.8. The molecule has 1 heterocycles. The van der Waals surface area contributed by atoms with Gasteiger partial charge in [0, 0.05) is 17.9 Å². The van der Waals surface area contributed by atoms with Gasteiger partial charge in [-0.3, -0.25) is 9.00 Å². The van der Waals surface area contributed by atoms with Crippen molar-refractivity contribution in [2.45, 2.75) is 30.6 Å². The van der Waals surface area contributed by atoms with Gasteiger partial charge in [0.05, 0.1) is 44.1 Å². The van der Waals surface area contributed by atoms with Crippen molar-refractivity contribution in [3.05, 3.63) is 11.9 Å². The molecule has 0 fully saturated rings. The highest BCUT2D eigenvalue weighted by molar-refractivity contribution is 7.84. The van der Waals surface area contributed by atoms with Gasteiger partial charge in [0.25, 0.3) is 0 Å². The number of likely N-dealkylation sites (N-methyl/N-ethyl adjacent to an activating group) is 1. The fraction of sp³-hybridized carbons (Fsp3) is 0.571. The summed E-state index contributed by atoms with van der Waals surface area (Å²) >= 11 is 0. The fourth-order valence-electron chi connectivity index (χ4n) is 1.77. The van der Waals surface area contributed by atoms with Gasteiger partial charge in [-0.1, -0.05) is 0 Å². The number of carboxylic acids is 3. The number of aliphatic carboxylic acids is 3. The summed E-state index contributed by atoms with van der Waals surface area (Å²) in [5, 5.41) is 27.0. The lowest BCUT2D eigenvalue weighted by atomic mass is 10.1. The Kier molecular flexibility index (Phi) is 9.10. The van der Waals surface area contributed by atoms with Gasteiger partial charge < -0.3 is 35.3 Å². The highest BCUT2D eigenvalue weighted by Crippen LogP contribution is 2.12. The molecule has 0 spiro atoms. The van der Waals surface area contributed by atoms with Gasteiger partial charge in [-0.05, 0) is 6.92 Å². The number of aromatic nitrogens is 2. The number of hydrogen-bond acceptors (Lipinski definition) is 7. The van der Waals surface area contributed by atoms with Crippen LogP contribution >= 0.6 is 0 Å². The SMILES string of the molecule is CC(=O)[O-].C[N+](C)(C)[C@@H](Cc1cnc(S(=O)C[C@H](N)C(=O)O)[nH]1)C(=O)O. The predicted octanol–water partition coefficient (Wildman–Crippen LogP) is -2.61. The first-order valence-electron chi connectivity index (χ1n) is 7.37. The Morgan fingerprint density at radius 1 is 1.31 bits per heavy atom. The summed E-state index contributed by atoms with van der Waals surface area (Å²) < 4.78 is 12.2. The zero-order chi connectivity index (χ0) is 20.7. The van der Waals surface area contributed by atoms with E-state index in [0.717, 1.165) is 6.92 Å². The van der Waals surface area contributed by atoms with E-state index in [2.05, 4.69) is 9.97 Å². The summed E-state index contributed by atoms with van der Waals surface area (Å²) in [6.45, 7) is 0.972. The second-order valence-electron chi connectivity index (χ2n) is 6.34. The minimum Gasteiger partial charge on any atom is -0.550 e. The van der Waals surface area contributed by atoms with Crippen LogP contribution in [0.1, 0.15) is 12.6 Å². The number of nitrogens with one attached hydrogen (secondary N) is 1. The fourth-order valence-corrected chi connectivity index (χ4v) is 2.81. The molecule has 5 N–H and O–H groups in total. The largest absolute Gasteiger partial charge is 0.550 e. The van der Waals surface area contributed by atoms with E-state index in [0.29, 0.717) is 5.69 Å². The standard InChI is InChI=1S/C12H20N4O5S.C2H4O2/c1-16(2,3)9(11(19)20)4-7-5-14-12(15-7)22(21)6-8(13)10(17)18;1-2(3)4/h5,8-9H,4,6,13H2,1-3H3,(H2-,14,15,17,18,19,20);1H3,(H,3,4)/t8-,9-,22?;/m0./s1. The average molecular weight is 392 g/mol. The van der Waals surface area contributed by atoms with Gasteiger partial charge in [-0.25, -0.2) is 9.78 Å². The molecule has 0 radical (unpaired) electrons. The second kappa shape index (κ2) is 9.99. The number of H-pyrrole nitrogens is 1. The van der Waals surface area contributed by atoms with E-state index in [-0.39, 0.29) is 21.8 Å². The van der Waals surface area contributed by atoms with Crippen LogP contribution in [0.15, 0.2) is 11.4 Å². The van der Waals surface area contributed by atoms with Crippen LogP contribution in [0.25, 0.3) is 0 Å². The summed E-state index contributed by atoms with van der Waals surface area (Å²) in [4.78, 5) is 37.6. The quantitative estimate of drug-likeness (QED) is 0.344. The van der Waals surface area contributed by atoms with Crippen LogP contribution in [0.2, 0.25) is 0 Å². The molecule has 1 rings (SSSR count). The van der Waals surface area contributed by atoms with E-state index < -0.39 is 40.8 Å². The molecule has 0 aliphatic carbocycles. The molecular formula is C14H24N4O7S. The van der Waals surface area contributed by atoms with Crippen LogP contribution in [0, 0.1) is 0 Å². The van der Waals surface area contributed by atoms with E-state index in [4.69, 9.17) is 20.7 Å². The number of rotatable bonds is 8. The van der Waals surface area contributed by atoms with Gasteiger partial charge >= 0.3 is 11.9 Å². The Bertz CT molecular complexity index is 664. The van der Waals surface area contributed by atoms with E-state index in [1.54, 1.807) is 21.1 Å². The lowest BCUT2D eigenvalue weighted by Gasteiger charge is -2.30. The summed E-state index contributed by atoms with van der Waals surface area (Å²) in [6, 6.07) is -1.93. The van der Waals surface area contributed by atoms with Crippen LogP contribution in [0.4, 0.5) is 0 Å². The Labute approximate surface area is 152 Å². The second-order valence-corrected chi connectivity index (χ2v) is 7.75. The van der Waals surface area contributed by atoms with E-state index >= 15 is 0 Å². The molecule has 0 saturated heterocycles. The van der Waals surface area contributed by atoms with Crippen LogP contribution in [-0.4, -0.2) is 85.8 Å². The molecular weight excluding hydrogens is 368 g/mol. The number of carbonyl (C=O) groups is 3. The molecule has 3 atom stereocenters. The van der Waals surface area contributed by atoms with Gasteiger partial charge in [0.2, 0.25) is 0 Å². The first kappa shape index (κ1) is 23.7. The van der Waals surface area contributed by atoms with Gasteiger partial charge in [-0.2, -0.15) is 0 Å². The highest BCUT2D eigenvalue weighted by Gasteiger charge is 2.32. The molecule has 0 aliphatic heterocycles. The number of nitrogens with zero attached hydrogens (tertiary/aromatic N) is 2. The topological polar surface area (TPSA) is 186 Å². The van der Waals surface area contributed by atoms with Crippen molar-refractivity contribution in [1.82, 2.24) is 9.97 Å². The van der Waals surface area contributed by atoms with Crippen molar-refractivity contribution >= 4 is 28.7 Å². The maximum atomic E-state index is 11.9. The molecule has 0 aromatic carbocycles. The first-order chi connectivity index (χ1) is 11.8. The minimum absolute atomic E-state index is 0.0947. The Morgan fingerprint density at radius 2 is 1.81 bits per heavy atom. The third kappa shape index (κ3) is 8.69. The van der Waals surface area contributed by atoms with Gasteiger partial charge in [0.1, 0.15) is 6.04 Å². The van der Waals surface area contributed by atoms with Gasteiger partial charge in [-0.15, -0.1) is 0 Å². The number of carbonyl (C=O) groups excluding carboxylic acids is 1. The van der Waals surface area contributed by atoms with Gasteiger partial charge in [0.15, 0.2) is 11.2 Å². The van der Waals surface area contributed by atoms with Crippen molar-refractivity contribution < 1.29 is 38.4 Å². The molecule has 1 aromatic heterocycles. The molecule has 0 aliphatic rings. The van der Waals surface area contributed by atoms with E-state index in [1.165, 1.54) is 6.20 Å². The highest BCUT2D eigenvalue weighted by atomic mass is 32.2. The first-order valence-corrected chi connectivity index (χ1v) is 8.69. The van der Waals surface area contributed by atoms with Crippen molar-refractivity contribution in [1.29, 1.82) is 0 Å². The zero-order valence-electron chi connectivity index (χ0n) is 15.0. The van der Waals surface area contributed by atoms with E-state index in [1.807, 2.05) is 0 Å². The van der Waals surface area contributed by atoms with Crippen LogP contribution in [0.3, 0.4) is 0 Å².